The summed E-state index contributed by atoms with van der Waals surface area (Å²) in [5.41, 5.74) is 1.51. The van der Waals surface area contributed by atoms with E-state index >= 15 is 0 Å². The summed E-state index contributed by atoms with van der Waals surface area (Å²) < 4.78 is 14.9. The monoisotopic (exact) mass is 350 g/mol. The number of nitrogens with zero attached hydrogens (tertiary/aromatic N) is 4. The molecule has 7 heteroatoms. The molecule has 24 heavy (non-hydrogen) atoms. The number of rotatable bonds is 6. The van der Waals surface area contributed by atoms with E-state index in [1.807, 2.05) is 34.0 Å². The Morgan fingerprint density at radius 2 is 2.12 bits per heavy atom. The number of thioether (sulfide) groups is 1. The van der Waals surface area contributed by atoms with Crippen molar-refractivity contribution in [1.82, 2.24) is 14.8 Å². The molecule has 130 valence electrons. The van der Waals surface area contributed by atoms with Crippen LogP contribution in [0.25, 0.3) is 5.69 Å². The lowest BCUT2D eigenvalue weighted by atomic mass is 9.94. The van der Waals surface area contributed by atoms with Crippen LogP contribution in [0.1, 0.15) is 26.5 Å². The van der Waals surface area contributed by atoms with Gasteiger partial charge in [0.2, 0.25) is 5.91 Å². The average Bonchev–Trinajstić information content (AvgIpc) is 2.90. The van der Waals surface area contributed by atoms with Gasteiger partial charge in [-0.05, 0) is 20.1 Å². The zero-order valence-electron chi connectivity index (χ0n) is 14.7. The minimum Gasteiger partial charge on any atom is -0.309 e. The van der Waals surface area contributed by atoms with Gasteiger partial charge in [-0.25, -0.2) is 9.07 Å². The fourth-order valence-corrected chi connectivity index (χ4v) is 3.43. The average molecular weight is 350 g/mol. The molecule has 0 radical (unpaired) electrons. The molecule has 0 fully saturated rings. The second-order valence-corrected chi connectivity index (χ2v) is 7.14. The fourth-order valence-electron chi connectivity index (χ4n) is 2.59. The van der Waals surface area contributed by atoms with Crippen LogP contribution in [-0.4, -0.2) is 39.2 Å². The zero-order chi connectivity index (χ0) is 17.9. The Balaban J connectivity index is 2.38. The highest BCUT2D eigenvalue weighted by atomic mass is 32.2. The van der Waals surface area contributed by atoms with Crippen molar-refractivity contribution >= 4 is 23.4 Å². The van der Waals surface area contributed by atoms with E-state index in [-0.39, 0.29) is 5.91 Å². The van der Waals surface area contributed by atoms with Crippen LogP contribution in [0, 0.1) is 18.2 Å². The van der Waals surface area contributed by atoms with E-state index in [0.29, 0.717) is 12.2 Å². The summed E-state index contributed by atoms with van der Waals surface area (Å²) in [4.78, 5) is 18.5. The molecular weight excluding hydrogens is 327 g/mol. The van der Waals surface area contributed by atoms with Gasteiger partial charge in [-0.2, -0.15) is 16.9 Å². The van der Waals surface area contributed by atoms with E-state index in [9.17, 15) is 9.18 Å². The molecule has 2 aromatic heterocycles. The number of hydrogen-bond acceptors (Lipinski definition) is 4. The van der Waals surface area contributed by atoms with E-state index < -0.39 is 11.2 Å². The van der Waals surface area contributed by atoms with Gasteiger partial charge in [0, 0.05) is 18.4 Å². The molecule has 0 bridgehead atoms. The fraction of sp³-hybridized carbons (Fsp3) is 0.471. The topological polar surface area (TPSA) is 51.0 Å². The molecule has 0 aliphatic carbocycles. The van der Waals surface area contributed by atoms with Gasteiger partial charge in [0.25, 0.3) is 0 Å². The second kappa shape index (κ2) is 7.34. The van der Waals surface area contributed by atoms with Gasteiger partial charge in [-0.3, -0.25) is 9.78 Å². The Kier molecular flexibility index (Phi) is 5.64. The van der Waals surface area contributed by atoms with E-state index in [1.165, 1.54) is 12.3 Å². The van der Waals surface area contributed by atoms with Crippen molar-refractivity contribution in [2.24, 2.45) is 5.41 Å². The first-order valence-electron chi connectivity index (χ1n) is 7.78. The highest BCUT2D eigenvalue weighted by Crippen LogP contribution is 2.29. The first kappa shape index (κ1) is 18.4. The van der Waals surface area contributed by atoms with Gasteiger partial charge >= 0.3 is 0 Å². The van der Waals surface area contributed by atoms with Gasteiger partial charge in [0.15, 0.2) is 0 Å². The van der Waals surface area contributed by atoms with Crippen molar-refractivity contribution in [2.75, 3.05) is 23.5 Å². The number of carbonyl (C=O) groups is 1. The van der Waals surface area contributed by atoms with Crippen LogP contribution in [-0.2, 0) is 4.79 Å². The number of carbonyl (C=O) groups excluding carboxylic acids is 1. The number of hydrogen-bond donors (Lipinski definition) is 0. The third-order valence-electron chi connectivity index (χ3n) is 3.76. The number of halogens is 1. The van der Waals surface area contributed by atoms with Crippen molar-refractivity contribution in [1.29, 1.82) is 0 Å². The Morgan fingerprint density at radius 1 is 1.42 bits per heavy atom. The Labute approximate surface area is 146 Å². The molecule has 0 unspecified atom stereocenters. The van der Waals surface area contributed by atoms with E-state index in [0.717, 1.165) is 23.3 Å². The van der Waals surface area contributed by atoms with Gasteiger partial charge in [0.1, 0.15) is 5.82 Å². The molecular formula is C17H23FN4OS. The Morgan fingerprint density at radius 3 is 2.71 bits per heavy atom. The molecule has 0 aliphatic heterocycles. The summed E-state index contributed by atoms with van der Waals surface area (Å²) >= 11 is 1.65. The third-order valence-corrected chi connectivity index (χ3v) is 4.77. The molecule has 1 amide bonds. The van der Waals surface area contributed by atoms with Crippen molar-refractivity contribution in [3.63, 3.8) is 0 Å². The molecule has 0 saturated carbocycles. The van der Waals surface area contributed by atoms with Crippen LogP contribution in [0.2, 0.25) is 0 Å². The molecule has 0 spiro atoms. The first-order chi connectivity index (χ1) is 11.3. The molecule has 0 saturated heterocycles. The molecule has 0 aliphatic rings. The maximum Gasteiger partial charge on any atom is 0.233 e. The summed E-state index contributed by atoms with van der Waals surface area (Å²) in [5, 5.41) is 4.41. The zero-order valence-corrected chi connectivity index (χ0v) is 15.5. The highest BCUT2D eigenvalue weighted by molar-refractivity contribution is 7.98. The lowest BCUT2D eigenvalue weighted by molar-refractivity contribution is -0.125. The van der Waals surface area contributed by atoms with E-state index in [4.69, 9.17) is 0 Å². The number of aryl methyl sites for hydroxylation is 1. The normalized spacial score (nSPS) is 11.6. The van der Waals surface area contributed by atoms with Gasteiger partial charge < -0.3 is 4.90 Å². The molecule has 0 aromatic carbocycles. The summed E-state index contributed by atoms with van der Waals surface area (Å²) in [6, 6.07) is 1.36. The standard InChI is InChI=1S/C17H23FN4OS/c1-6-21(16(23)17(3,4)11-24-5)15-10-22(20-12(15)2)14-7-13(18)8-19-9-14/h7-10H,6,11H2,1-5H3. The Bertz CT molecular complexity index is 729. The third kappa shape index (κ3) is 3.77. The summed E-state index contributed by atoms with van der Waals surface area (Å²) in [7, 11) is 0. The van der Waals surface area contributed by atoms with Crippen LogP contribution in [0.4, 0.5) is 10.1 Å². The number of pyridine rings is 1. The van der Waals surface area contributed by atoms with Crippen LogP contribution < -0.4 is 4.90 Å². The minimum atomic E-state index is -0.468. The van der Waals surface area contributed by atoms with Crippen LogP contribution >= 0.6 is 11.8 Å². The van der Waals surface area contributed by atoms with Crippen LogP contribution in [0.15, 0.2) is 24.7 Å². The van der Waals surface area contributed by atoms with Gasteiger partial charge in [-0.1, -0.05) is 13.8 Å². The lowest BCUT2D eigenvalue weighted by Gasteiger charge is -2.30. The molecule has 0 atom stereocenters. The number of amides is 1. The molecule has 2 aromatic rings. The van der Waals surface area contributed by atoms with E-state index in [1.54, 1.807) is 27.5 Å². The van der Waals surface area contributed by atoms with Gasteiger partial charge in [0.05, 0.1) is 41.1 Å². The largest absolute Gasteiger partial charge is 0.309 e. The maximum absolute atomic E-state index is 13.4. The predicted molar refractivity (Wildman–Crippen MR) is 96.2 cm³/mol. The quantitative estimate of drug-likeness (QED) is 0.801. The molecule has 2 rings (SSSR count). The molecule has 2 heterocycles. The van der Waals surface area contributed by atoms with Crippen molar-refractivity contribution in [2.45, 2.75) is 27.7 Å². The first-order valence-corrected chi connectivity index (χ1v) is 9.17. The van der Waals surface area contributed by atoms with Crippen molar-refractivity contribution in [3.05, 3.63) is 36.2 Å². The predicted octanol–water partition coefficient (Wildman–Crippen LogP) is 3.46. The second-order valence-electron chi connectivity index (χ2n) is 6.27. The summed E-state index contributed by atoms with van der Waals surface area (Å²) in [6.45, 7) is 8.23. The van der Waals surface area contributed by atoms with E-state index in [2.05, 4.69) is 10.1 Å². The highest BCUT2D eigenvalue weighted by Gasteiger charge is 2.33. The SMILES string of the molecule is CCN(C(=O)C(C)(C)CSC)c1cn(-c2cncc(F)c2)nc1C. The maximum atomic E-state index is 13.4. The molecule has 0 N–H and O–H groups in total. The van der Waals surface area contributed by atoms with Crippen LogP contribution in [0.5, 0.6) is 0 Å². The Hall–Kier alpha value is -1.89. The molecule has 5 nitrogen and oxygen atoms in total. The van der Waals surface area contributed by atoms with Crippen molar-refractivity contribution < 1.29 is 9.18 Å². The van der Waals surface area contributed by atoms with Gasteiger partial charge in [-0.15, -0.1) is 0 Å². The van der Waals surface area contributed by atoms with Crippen molar-refractivity contribution in [3.8, 4) is 5.69 Å². The van der Waals surface area contributed by atoms with Crippen LogP contribution in [0.3, 0.4) is 0 Å². The summed E-state index contributed by atoms with van der Waals surface area (Å²) in [6.07, 6.45) is 6.43. The minimum absolute atomic E-state index is 0.0550. The number of aromatic nitrogens is 3. The number of anilines is 1. The summed E-state index contributed by atoms with van der Waals surface area (Å²) in [5.74, 6) is 0.370. The lowest BCUT2D eigenvalue weighted by Crippen LogP contribution is -2.42. The smallest absolute Gasteiger partial charge is 0.233 e.